The summed E-state index contributed by atoms with van der Waals surface area (Å²) in [5.41, 5.74) is 1.32. The molecule has 0 unspecified atom stereocenters. The van der Waals surface area contributed by atoms with Gasteiger partial charge >= 0.3 is 0 Å². The van der Waals surface area contributed by atoms with Crippen LogP contribution in [0.1, 0.15) is 15.9 Å². The van der Waals surface area contributed by atoms with Crippen molar-refractivity contribution in [1.29, 1.82) is 0 Å². The molecule has 2 aromatic rings. The minimum absolute atomic E-state index is 0.221. The second-order valence-corrected chi connectivity index (χ2v) is 5.94. The van der Waals surface area contributed by atoms with Crippen LogP contribution in [0.25, 0.3) is 6.08 Å². The average Bonchev–Trinajstić information content (AvgIpc) is 2.69. The van der Waals surface area contributed by atoms with Crippen molar-refractivity contribution >= 4 is 29.5 Å². The highest BCUT2D eigenvalue weighted by Crippen LogP contribution is 2.27. The van der Waals surface area contributed by atoms with Gasteiger partial charge in [0.05, 0.1) is 14.2 Å². The topological polar surface area (TPSA) is 76.7 Å². The van der Waals surface area contributed by atoms with E-state index in [0.29, 0.717) is 35.2 Å². The lowest BCUT2D eigenvalue weighted by Crippen LogP contribution is -2.33. The molecular weight excluding hydrogens is 368 g/mol. The first-order chi connectivity index (χ1) is 13.0. The van der Waals surface area contributed by atoms with Crippen molar-refractivity contribution in [2.45, 2.75) is 0 Å². The molecular formula is C20H21ClN2O4. The van der Waals surface area contributed by atoms with Gasteiger partial charge in [0.15, 0.2) is 11.5 Å². The molecule has 0 saturated carbocycles. The normalized spacial score (nSPS) is 10.5. The third-order valence-corrected chi connectivity index (χ3v) is 3.90. The molecule has 0 bridgehead atoms. The number of hydrogen-bond acceptors (Lipinski definition) is 4. The minimum Gasteiger partial charge on any atom is -0.493 e. The van der Waals surface area contributed by atoms with Gasteiger partial charge in [0.2, 0.25) is 5.91 Å². The monoisotopic (exact) mass is 388 g/mol. The van der Waals surface area contributed by atoms with Gasteiger partial charge in [0.1, 0.15) is 0 Å². The van der Waals surface area contributed by atoms with Gasteiger partial charge in [-0.2, -0.15) is 0 Å². The summed E-state index contributed by atoms with van der Waals surface area (Å²) < 4.78 is 10.4. The van der Waals surface area contributed by atoms with Crippen molar-refractivity contribution in [1.82, 2.24) is 10.6 Å². The third-order valence-electron chi connectivity index (χ3n) is 3.65. The number of benzene rings is 2. The first-order valence-electron chi connectivity index (χ1n) is 8.25. The fraction of sp³-hybridized carbons (Fsp3) is 0.200. The maximum Gasteiger partial charge on any atom is 0.251 e. The molecule has 0 radical (unpaired) electrons. The Morgan fingerprint density at radius 3 is 2.30 bits per heavy atom. The number of ether oxygens (including phenoxy) is 2. The largest absolute Gasteiger partial charge is 0.493 e. The zero-order chi connectivity index (χ0) is 19.6. The lowest BCUT2D eigenvalue weighted by Gasteiger charge is -2.08. The van der Waals surface area contributed by atoms with Gasteiger partial charge < -0.3 is 20.1 Å². The third kappa shape index (κ3) is 6.34. The van der Waals surface area contributed by atoms with Crippen LogP contribution in [0, 0.1) is 0 Å². The van der Waals surface area contributed by atoms with E-state index < -0.39 is 0 Å². The molecule has 2 aromatic carbocycles. The van der Waals surface area contributed by atoms with Crippen LogP contribution < -0.4 is 20.1 Å². The van der Waals surface area contributed by atoms with Crippen LogP contribution in [0.2, 0.25) is 5.02 Å². The lowest BCUT2D eigenvalue weighted by molar-refractivity contribution is -0.116. The van der Waals surface area contributed by atoms with E-state index in [-0.39, 0.29) is 11.8 Å². The summed E-state index contributed by atoms with van der Waals surface area (Å²) in [6.07, 6.45) is 3.09. The van der Waals surface area contributed by atoms with E-state index in [1.807, 2.05) is 6.07 Å². The molecule has 0 aliphatic rings. The number of methoxy groups -OCH3 is 2. The highest BCUT2D eigenvalue weighted by molar-refractivity contribution is 6.30. The van der Waals surface area contributed by atoms with E-state index in [0.717, 1.165) is 5.56 Å². The summed E-state index contributed by atoms with van der Waals surface area (Å²) in [5.74, 6) is 0.729. The molecule has 0 atom stereocenters. The van der Waals surface area contributed by atoms with E-state index >= 15 is 0 Å². The van der Waals surface area contributed by atoms with Crippen LogP contribution in [-0.2, 0) is 4.79 Å². The predicted molar refractivity (Wildman–Crippen MR) is 105 cm³/mol. The first-order valence-corrected chi connectivity index (χ1v) is 8.63. The molecule has 0 saturated heterocycles. The van der Waals surface area contributed by atoms with Gasteiger partial charge in [0, 0.05) is 29.8 Å². The van der Waals surface area contributed by atoms with Gasteiger partial charge in [0.25, 0.3) is 5.91 Å². The van der Waals surface area contributed by atoms with Crippen LogP contribution in [-0.4, -0.2) is 39.1 Å². The van der Waals surface area contributed by atoms with E-state index in [1.165, 1.54) is 6.08 Å². The number of amides is 2. The predicted octanol–water partition coefficient (Wildman–Crippen LogP) is 2.92. The van der Waals surface area contributed by atoms with E-state index in [1.54, 1.807) is 56.7 Å². The molecule has 2 N–H and O–H groups in total. The minimum atomic E-state index is -0.259. The molecule has 0 spiro atoms. The Morgan fingerprint density at radius 2 is 1.63 bits per heavy atom. The van der Waals surface area contributed by atoms with Gasteiger partial charge in [-0.05, 0) is 48.0 Å². The average molecular weight is 389 g/mol. The van der Waals surface area contributed by atoms with Crippen LogP contribution in [0.5, 0.6) is 11.5 Å². The molecule has 0 aliphatic carbocycles. The Hall–Kier alpha value is -2.99. The first kappa shape index (κ1) is 20.3. The second-order valence-electron chi connectivity index (χ2n) is 5.50. The molecule has 0 fully saturated rings. The number of hydrogen-bond donors (Lipinski definition) is 2. The molecule has 2 rings (SSSR count). The zero-order valence-electron chi connectivity index (χ0n) is 15.1. The molecule has 0 aromatic heterocycles. The van der Waals surface area contributed by atoms with Gasteiger partial charge in [-0.15, -0.1) is 0 Å². The smallest absolute Gasteiger partial charge is 0.251 e. The van der Waals surface area contributed by atoms with Crippen molar-refractivity contribution in [2.75, 3.05) is 27.3 Å². The number of rotatable bonds is 8. The second kappa shape index (κ2) is 10.2. The van der Waals surface area contributed by atoms with Crippen LogP contribution in [0.15, 0.2) is 48.5 Å². The molecule has 6 nitrogen and oxygen atoms in total. The highest BCUT2D eigenvalue weighted by Gasteiger charge is 2.05. The number of halogens is 1. The number of carbonyl (C=O) groups excluding carboxylic acids is 2. The van der Waals surface area contributed by atoms with Crippen LogP contribution in [0.3, 0.4) is 0 Å². The summed E-state index contributed by atoms with van der Waals surface area (Å²) in [6, 6.07) is 11.9. The van der Waals surface area contributed by atoms with Gasteiger partial charge in [-0.3, -0.25) is 9.59 Å². The summed E-state index contributed by atoms with van der Waals surface area (Å²) in [7, 11) is 3.11. The van der Waals surface area contributed by atoms with E-state index in [2.05, 4.69) is 10.6 Å². The van der Waals surface area contributed by atoms with E-state index in [4.69, 9.17) is 21.1 Å². The van der Waals surface area contributed by atoms with E-state index in [9.17, 15) is 9.59 Å². The molecule has 27 heavy (non-hydrogen) atoms. The summed E-state index contributed by atoms with van der Waals surface area (Å²) in [5, 5.41) is 6.00. The van der Waals surface area contributed by atoms with Gasteiger partial charge in [-0.25, -0.2) is 0 Å². The van der Waals surface area contributed by atoms with Gasteiger partial charge in [-0.1, -0.05) is 17.7 Å². The van der Waals surface area contributed by atoms with Crippen molar-refractivity contribution in [3.05, 3.63) is 64.7 Å². The molecule has 0 aliphatic heterocycles. The quantitative estimate of drug-likeness (QED) is 0.538. The Labute approximate surface area is 163 Å². The maximum atomic E-state index is 11.9. The number of nitrogens with one attached hydrogen (secondary N) is 2. The molecule has 2 amide bonds. The zero-order valence-corrected chi connectivity index (χ0v) is 15.9. The van der Waals surface area contributed by atoms with Crippen molar-refractivity contribution in [3.63, 3.8) is 0 Å². The molecule has 0 heterocycles. The fourth-order valence-corrected chi connectivity index (χ4v) is 2.38. The van der Waals surface area contributed by atoms with Crippen molar-refractivity contribution < 1.29 is 19.1 Å². The molecule has 7 heteroatoms. The Bertz CT molecular complexity index is 819. The Balaban J connectivity index is 1.76. The standard InChI is InChI=1S/C20H21ClN2O4/c1-26-17-9-3-14(13-18(17)27-2)4-10-19(24)22-11-12-23-20(25)15-5-7-16(21)8-6-15/h3-10,13H,11-12H2,1-2H3,(H,22,24)(H,23,25). The van der Waals surface area contributed by atoms with Crippen LogP contribution in [0.4, 0.5) is 0 Å². The fourth-order valence-electron chi connectivity index (χ4n) is 2.25. The summed E-state index contributed by atoms with van der Waals surface area (Å²) in [6.45, 7) is 0.631. The SMILES string of the molecule is COc1ccc(C=CC(=O)NCCNC(=O)c2ccc(Cl)cc2)cc1OC. The Kier molecular flexibility index (Phi) is 7.70. The Morgan fingerprint density at radius 1 is 0.963 bits per heavy atom. The lowest BCUT2D eigenvalue weighted by atomic mass is 10.2. The van der Waals surface area contributed by atoms with Crippen molar-refractivity contribution in [2.24, 2.45) is 0 Å². The highest BCUT2D eigenvalue weighted by atomic mass is 35.5. The van der Waals surface area contributed by atoms with Crippen LogP contribution >= 0.6 is 11.6 Å². The summed E-state index contributed by atoms with van der Waals surface area (Å²) in [4.78, 5) is 23.8. The molecule has 142 valence electrons. The van der Waals surface area contributed by atoms with Crippen molar-refractivity contribution in [3.8, 4) is 11.5 Å². The number of carbonyl (C=O) groups is 2. The maximum absolute atomic E-state index is 11.9. The summed E-state index contributed by atoms with van der Waals surface area (Å²) >= 11 is 5.79.